The molecule has 0 saturated carbocycles. The molecule has 1 atom stereocenters. The van der Waals surface area contributed by atoms with Gasteiger partial charge in [-0.2, -0.15) is 0 Å². The van der Waals surface area contributed by atoms with Crippen molar-refractivity contribution in [1.29, 1.82) is 0 Å². The number of hydrogen-bond donors (Lipinski definition) is 1. The Morgan fingerprint density at radius 3 is 2.50 bits per heavy atom. The molecular weight excluding hydrogens is 294 g/mol. The predicted molar refractivity (Wildman–Crippen MR) is 73.7 cm³/mol. The Morgan fingerprint density at radius 2 is 2.06 bits per heavy atom. The van der Waals surface area contributed by atoms with Crippen LogP contribution in [0.5, 0.6) is 0 Å². The minimum absolute atomic E-state index is 0.00849. The van der Waals surface area contributed by atoms with Crippen molar-refractivity contribution in [3.63, 3.8) is 0 Å². The number of nitrogens with one attached hydrogen (secondary N) is 1. The van der Waals surface area contributed by atoms with Crippen LogP contribution in [0.4, 0.5) is 0 Å². The molecular formula is C11H16ClNO3S2. The van der Waals surface area contributed by atoms with E-state index in [0.717, 1.165) is 17.8 Å². The monoisotopic (exact) mass is 309 g/mol. The van der Waals surface area contributed by atoms with E-state index >= 15 is 0 Å². The summed E-state index contributed by atoms with van der Waals surface area (Å²) in [5, 5.41) is 4.31. The van der Waals surface area contributed by atoms with E-state index in [9.17, 15) is 13.2 Å². The van der Waals surface area contributed by atoms with Gasteiger partial charge >= 0.3 is 0 Å². The van der Waals surface area contributed by atoms with Gasteiger partial charge in [-0.15, -0.1) is 11.3 Å². The largest absolute Gasteiger partial charge is 0.350 e. The molecule has 0 radical (unpaired) electrons. The Hall–Kier alpha value is -0.590. The number of hydrogen-bond acceptors (Lipinski definition) is 4. The van der Waals surface area contributed by atoms with Gasteiger partial charge in [0.25, 0.3) is 15.0 Å². The van der Waals surface area contributed by atoms with E-state index in [4.69, 9.17) is 10.7 Å². The van der Waals surface area contributed by atoms with Gasteiger partial charge in [-0.1, -0.05) is 13.8 Å². The predicted octanol–water partition coefficient (Wildman–Crippen LogP) is 2.84. The lowest BCUT2D eigenvalue weighted by molar-refractivity contribution is 0.0936. The topological polar surface area (TPSA) is 63.2 Å². The fourth-order valence-corrected chi connectivity index (χ4v) is 3.58. The number of amides is 1. The summed E-state index contributed by atoms with van der Waals surface area (Å²) in [6, 6.07) is 1.35. The van der Waals surface area contributed by atoms with Crippen molar-refractivity contribution in [2.24, 2.45) is 5.92 Å². The van der Waals surface area contributed by atoms with Crippen LogP contribution in [0.3, 0.4) is 0 Å². The maximum absolute atomic E-state index is 11.8. The maximum Gasteiger partial charge on any atom is 0.270 e. The number of carbonyl (C=O) groups is 1. The second kappa shape index (κ2) is 6.04. The van der Waals surface area contributed by atoms with Crippen LogP contribution in [0, 0.1) is 5.92 Å². The fraction of sp³-hybridized carbons (Fsp3) is 0.545. The molecule has 1 aromatic heterocycles. The van der Waals surface area contributed by atoms with E-state index in [0.29, 0.717) is 11.5 Å². The molecule has 0 bridgehead atoms. The van der Waals surface area contributed by atoms with Crippen LogP contribution in [0.2, 0.25) is 0 Å². The first kappa shape index (κ1) is 15.5. The fourth-order valence-electron chi connectivity index (χ4n) is 1.64. The highest BCUT2D eigenvalue weighted by atomic mass is 35.7. The van der Waals surface area contributed by atoms with E-state index in [-0.39, 0.29) is 16.2 Å². The first-order valence-corrected chi connectivity index (χ1v) is 8.73. The van der Waals surface area contributed by atoms with E-state index in [1.807, 2.05) is 6.92 Å². The zero-order valence-corrected chi connectivity index (χ0v) is 12.8. The normalized spacial score (nSPS) is 13.6. The number of carbonyl (C=O) groups excluding carboxylic acids is 1. The summed E-state index contributed by atoms with van der Waals surface area (Å²) in [4.78, 5) is 11.8. The smallest absolute Gasteiger partial charge is 0.270 e. The van der Waals surface area contributed by atoms with Gasteiger partial charge < -0.3 is 5.32 Å². The Labute approximate surface area is 116 Å². The highest BCUT2D eigenvalue weighted by Gasteiger charge is 2.17. The summed E-state index contributed by atoms with van der Waals surface area (Å²) in [5.74, 6) is 0.215. The van der Waals surface area contributed by atoms with Crippen molar-refractivity contribution >= 4 is 37.0 Å². The van der Waals surface area contributed by atoms with E-state index in [1.165, 1.54) is 11.4 Å². The third-order valence-electron chi connectivity index (χ3n) is 2.28. The lowest BCUT2D eigenvalue weighted by atomic mass is 10.1. The van der Waals surface area contributed by atoms with Gasteiger partial charge in [0, 0.05) is 22.1 Å². The molecule has 18 heavy (non-hydrogen) atoms. The number of rotatable bonds is 5. The van der Waals surface area contributed by atoms with Gasteiger partial charge in [0.2, 0.25) is 0 Å². The molecule has 0 saturated heterocycles. The Bertz CT molecular complexity index is 522. The lowest BCUT2D eigenvalue weighted by Gasteiger charge is -2.15. The molecule has 1 heterocycles. The molecule has 1 aromatic rings. The SMILES string of the molecule is CC(C)CC(C)NC(=O)c1csc(S(=O)(=O)Cl)c1. The van der Waals surface area contributed by atoms with Crippen LogP contribution < -0.4 is 5.32 Å². The van der Waals surface area contributed by atoms with Gasteiger partial charge in [-0.3, -0.25) is 4.79 Å². The Kier molecular flexibility index (Phi) is 5.19. The molecule has 1 rings (SSSR count). The molecule has 4 nitrogen and oxygen atoms in total. The van der Waals surface area contributed by atoms with E-state index in [1.54, 1.807) is 0 Å². The Morgan fingerprint density at radius 1 is 1.44 bits per heavy atom. The van der Waals surface area contributed by atoms with Crippen molar-refractivity contribution < 1.29 is 13.2 Å². The molecule has 0 aliphatic heterocycles. The summed E-state index contributed by atoms with van der Waals surface area (Å²) < 4.78 is 22.2. The quantitative estimate of drug-likeness (QED) is 0.851. The van der Waals surface area contributed by atoms with Crippen molar-refractivity contribution in [3.8, 4) is 0 Å². The van der Waals surface area contributed by atoms with Gasteiger partial charge in [0.05, 0.1) is 5.56 Å². The first-order chi connectivity index (χ1) is 8.20. The van der Waals surface area contributed by atoms with Crippen LogP contribution in [0.1, 0.15) is 37.6 Å². The van der Waals surface area contributed by atoms with Crippen LogP contribution >= 0.6 is 22.0 Å². The second-order valence-corrected chi connectivity index (χ2v) is 8.30. The molecule has 0 aromatic carbocycles. The Balaban J connectivity index is 2.71. The molecule has 0 aliphatic rings. The molecule has 7 heteroatoms. The van der Waals surface area contributed by atoms with E-state index < -0.39 is 9.05 Å². The van der Waals surface area contributed by atoms with Crippen molar-refractivity contribution in [2.75, 3.05) is 0 Å². The summed E-state index contributed by atoms with van der Waals surface area (Å²) in [6.45, 7) is 6.07. The molecule has 1 amide bonds. The van der Waals surface area contributed by atoms with Crippen LogP contribution in [-0.4, -0.2) is 20.4 Å². The molecule has 1 N–H and O–H groups in total. The van der Waals surface area contributed by atoms with Gasteiger partial charge in [-0.05, 0) is 25.3 Å². The summed E-state index contributed by atoms with van der Waals surface area (Å²) in [6.07, 6.45) is 0.872. The summed E-state index contributed by atoms with van der Waals surface area (Å²) in [5.41, 5.74) is 0.329. The molecule has 0 fully saturated rings. The minimum atomic E-state index is -3.75. The van der Waals surface area contributed by atoms with Crippen LogP contribution in [0.15, 0.2) is 15.7 Å². The van der Waals surface area contributed by atoms with Crippen molar-refractivity contribution in [2.45, 2.75) is 37.4 Å². The van der Waals surface area contributed by atoms with Crippen LogP contribution in [0.25, 0.3) is 0 Å². The molecule has 1 unspecified atom stereocenters. The average molecular weight is 310 g/mol. The third-order valence-corrected chi connectivity index (χ3v) is 5.32. The second-order valence-electron chi connectivity index (χ2n) is 4.60. The highest BCUT2D eigenvalue weighted by Crippen LogP contribution is 2.23. The van der Waals surface area contributed by atoms with Crippen molar-refractivity contribution in [1.82, 2.24) is 5.32 Å². The average Bonchev–Trinajstić information content (AvgIpc) is 2.63. The molecule has 102 valence electrons. The summed E-state index contributed by atoms with van der Waals surface area (Å²) in [7, 11) is 1.45. The zero-order chi connectivity index (χ0) is 13.9. The maximum atomic E-state index is 11.8. The van der Waals surface area contributed by atoms with Gasteiger partial charge in [0.15, 0.2) is 0 Å². The highest BCUT2D eigenvalue weighted by molar-refractivity contribution is 8.15. The molecule has 0 aliphatic carbocycles. The zero-order valence-electron chi connectivity index (χ0n) is 10.4. The first-order valence-electron chi connectivity index (χ1n) is 5.54. The summed E-state index contributed by atoms with van der Waals surface area (Å²) >= 11 is 0.945. The molecule has 0 spiro atoms. The van der Waals surface area contributed by atoms with Gasteiger partial charge in [-0.25, -0.2) is 8.42 Å². The minimum Gasteiger partial charge on any atom is -0.350 e. The van der Waals surface area contributed by atoms with Crippen molar-refractivity contribution in [3.05, 3.63) is 17.0 Å². The van der Waals surface area contributed by atoms with Crippen LogP contribution in [-0.2, 0) is 9.05 Å². The van der Waals surface area contributed by atoms with Gasteiger partial charge in [0.1, 0.15) is 4.21 Å². The lowest BCUT2D eigenvalue weighted by Crippen LogP contribution is -2.33. The number of halogens is 1. The third kappa shape index (κ3) is 4.59. The number of thiophene rings is 1. The van der Waals surface area contributed by atoms with E-state index in [2.05, 4.69) is 19.2 Å². The standard InChI is InChI=1S/C11H16ClNO3S2/c1-7(2)4-8(3)13-11(14)9-5-10(17-6-9)18(12,15)16/h5-8H,4H2,1-3H3,(H,13,14).